The number of nitrogens with zero attached hydrogens (tertiary/aromatic N) is 2. The normalized spacial score (nSPS) is 11.0. The molecule has 5 heteroatoms. The minimum atomic E-state index is -0.0174. The Kier molecular flexibility index (Phi) is 2.83. The number of aryl methyl sites for hydroxylation is 1. The van der Waals surface area contributed by atoms with E-state index in [1.54, 1.807) is 35.2 Å². The zero-order valence-corrected chi connectivity index (χ0v) is 11.1. The van der Waals surface area contributed by atoms with Crippen LogP contribution in [0.5, 0.6) is 5.75 Å². The average molecular weight is 272 g/mol. The lowest BCUT2D eigenvalue weighted by Gasteiger charge is -2.05. The van der Waals surface area contributed by atoms with Crippen LogP contribution in [0, 0.1) is 6.92 Å². The molecule has 2 heterocycles. The van der Waals surface area contributed by atoms with Gasteiger partial charge in [0, 0.05) is 0 Å². The number of aromatic hydroxyl groups is 1. The minimum absolute atomic E-state index is 0.0174. The first-order valence-corrected chi connectivity index (χ1v) is 6.74. The van der Waals surface area contributed by atoms with Gasteiger partial charge in [-0.25, -0.2) is 4.98 Å². The molecule has 0 aliphatic heterocycles. The van der Waals surface area contributed by atoms with Gasteiger partial charge in [-0.1, -0.05) is 12.1 Å². The number of thiophene rings is 1. The number of rotatable bonds is 2. The number of benzene rings is 1. The molecule has 1 N–H and O–H groups in total. The smallest absolute Gasteiger partial charge is 0.271 e. The van der Waals surface area contributed by atoms with Crippen molar-refractivity contribution in [2.24, 2.45) is 0 Å². The van der Waals surface area contributed by atoms with Gasteiger partial charge in [-0.05, 0) is 35.6 Å². The van der Waals surface area contributed by atoms with Crippen molar-refractivity contribution in [3.63, 3.8) is 0 Å². The maximum Gasteiger partial charge on any atom is 0.271 e. The van der Waals surface area contributed by atoms with E-state index in [2.05, 4.69) is 4.98 Å². The van der Waals surface area contributed by atoms with Crippen LogP contribution in [0.15, 0.2) is 40.8 Å². The van der Waals surface area contributed by atoms with Crippen LogP contribution in [0.4, 0.5) is 0 Å². The van der Waals surface area contributed by atoms with Gasteiger partial charge in [0.1, 0.15) is 10.4 Å². The highest BCUT2D eigenvalue weighted by molar-refractivity contribution is 7.17. The van der Waals surface area contributed by atoms with E-state index in [1.165, 1.54) is 11.3 Å². The molecule has 0 saturated carbocycles. The summed E-state index contributed by atoms with van der Waals surface area (Å²) in [7, 11) is 0. The van der Waals surface area contributed by atoms with Crippen LogP contribution in [0.1, 0.15) is 11.1 Å². The highest BCUT2D eigenvalue weighted by Crippen LogP contribution is 2.19. The van der Waals surface area contributed by atoms with Crippen LogP contribution in [0.3, 0.4) is 0 Å². The van der Waals surface area contributed by atoms with E-state index >= 15 is 0 Å². The molecule has 0 radical (unpaired) electrons. The van der Waals surface area contributed by atoms with E-state index in [4.69, 9.17) is 0 Å². The molecule has 1 aromatic carbocycles. The lowest BCUT2D eigenvalue weighted by Crippen LogP contribution is -2.20. The summed E-state index contributed by atoms with van der Waals surface area (Å²) in [4.78, 5) is 16.6. The Morgan fingerprint density at radius 3 is 2.79 bits per heavy atom. The van der Waals surface area contributed by atoms with Crippen LogP contribution >= 0.6 is 11.3 Å². The molecule has 2 aromatic heterocycles. The first kappa shape index (κ1) is 11.9. The summed E-state index contributed by atoms with van der Waals surface area (Å²) in [5.41, 5.74) is 2.76. The Morgan fingerprint density at radius 2 is 2.05 bits per heavy atom. The van der Waals surface area contributed by atoms with Crippen molar-refractivity contribution in [2.45, 2.75) is 13.5 Å². The molecule has 0 saturated heterocycles. The number of aromatic nitrogens is 2. The summed E-state index contributed by atoms with van der Waals surface area (Å²) in [6.45, 7) is 2.41. The topological polar surface area (TPSA) is 55.1 Å². The predicted octanol–water partition coefficient (Wildman–Crippen LogP) is 2.52. The SMILES string of the molecule is Cc1csc2c(=O)n(Cc3ccc(O)cc3)cnc12. The van der Waals surface area contributed by atoms with Crippen molar-refractivity contribution < 1.29 is 5.11 Å². The second-order valence-electron chi connectivity index (χ2n) is 4.44. The van der Waals surface area contributed by atoms with E-state index in [0.717, 1.165) is 16.6 Å². The Hall–Kier alpha value is -2.14. The van der Waals surface area contributed by atoms with Gasteiger partial charge in [0.05, 0.1) is 18.4 Å². The van der Waals surface area contributed by atoms with E-state index < -0.39 is 0 Å². The molecule has 0 bridgehead atoms. The summed E-state index contributed by atoms with van der Waals surface area (Å²) >= 11 is 1.43. The van der Waals surface area contributed by atoms with E-state index in [-0.39, 0.29) is 11.3 Å². The number of fused-ring (bicyclic) bond motifs is 1. The van der Waals surface area contributed by atoms with E-state index in [9.17, 15) is 9.90 Å². The van der Waals surface area contributed by atoms with Crippen molar-refractivity contribution in [2.75, 3.05) is 0 Å². The third kappa shape index (κ3) is 2.13. The number of phenols is 1. The first-order chi connectivity index (χ1) is 9.15. The number of hydrogen-bond donors (Lipinski definition) is 1. The van der Waals surface area contributed by atoms with Crippen LogP contribution in [0.2, 0.25) is 0 Å². The minimum Gasteiger partial charge on any atom is -0.508 e. The molecule has 0 atom stereocenters. The largest absolute Gasteiger partial charge is 0.508 e. The van der Waals surface area contributed by atoms with Crippen LogP contribution in [-0.2, 0) is 6.54 Å². The summed E-state index contributed by atoms with van der Waals surface area (Å²) in [6.07, 6.45) is 1.58. The highest BCUT2D eigenvalue weighted by atomic mass is 32.1. The fourth-order valence-corrected chi connectivity index (χ4v) is 2.92. The van der Waals surface area contributed by atoms with Gasteiger partial charge >= 0.3 is 0 Å². The van der Waals surface area contributed by atoms with Crippen molar-refractivity contribution in [1.82, 2.24) is 9.55 Å². The molecule has 0 fully saturated rings. The summed E-state index contributed by atoms with van der Waals surface area (Å²) in [5.74, 6) is 0.221. The van der Waals surface area contributed by atoms with Gasteiger partial charge in [-0.3, -0.25) is 9.36 Å². The summed E-state index contributed by atoms with van der Waals surface area (Å²) in [6, 6.07) is 6.82. The highest BCUT2D eigenvalue weighted by Gasteiger charge is 2.08. The van der Waals surface area contributed by atoms with Crippen LogP contribution in [0.25, 0.3) is 10.2 Å². The molecule has 96 valence electrons. The molecule has 19 heavy (non-hydrogen) atoms. The fourth-order valence-electron chi connectivity index (χ4n) is 1.97. The Morgan fingerprint density at radius 1 is 1.32 bits per heavy atom. The second kappa shape index (κ2) is 4.51. The zero-order valence-electron chi connectivity index (χ0n) is 10.3. The second-order valence-corrected chi connectivity index (χ2v) is 5.32. The number of hydrogen-bond acceptors (Lipinski definition) is 4. The van der Waals surface area contributed by atoms with E-state index in [1.807, 2.05) is 12.3 Å². The van der Waals surface area contributed by atoms with Crippen molar-refractivity contribution >= 4 is 21.6 Å². The Balaban J connectivity index is 2.04. The molecule has 0 amide bonds. The average Bonchev–Trinajstić information content (AvgIpc) is 2.78. The molecule has 0 spiro atoms. The summed E-state index contributed by atoms with van der Waals surface area (Å²) < 4.78 is 2.28. The molecule has 0 aliphatic carbocycles. The van der Waals surface area contributed by atoms with Crippen molar-refractivity contribution in [1.29, 1.82) is 0 Å². The Labute approximate surface area is 113 Å². The predicted molar refractivity (Wildman–Crippen MR) is 75.8 cm³/mol. The maximum absolute atomic E-state index is 12.3. The molecule has 4 nitrogen and oxygen atoms in total. The van der Waals surface area contributed by atoms with E-state index in [0.29, 0.717) is 11.2 Å². The van der Waals surface area contributed by atoms with Crippen molar-refractivity contribution in [3.8, 4) is 5.75 Å². The Bertz CT molecular complexity index is 787. The molecule has 3 rings (SSSR count). The first-order valence-electron chi connectivity index (χ1n) is 5.86. The third-order valence-electron chi connectivity index (χ3n) is 3.01. The van der Waals surface area contributed by atoms with Gasteiger partial charge in [0.15, 0.2) is 0 Å². The van der Waals surface area contributed by atoms with Gasteiger partial charge in [0.2, 0.25) is 0 Å². The summed E-state index contributed by atoms with van der Waals surface area (Å²) in [5, 5.41) is 11.2. The molecule has 0 unspecified atom stereocenters. The van der Waals surface area contributed by atoms with Gasteiger partial charge in [-0.15, -0.1) is 11.3 Å². The standard InChI is InChI=1S/C14H12N2O2S/c1-9-7-19-13-12(9)15-8-16(14(13)18)6-10-2-4-11(17)5-3-10/h2-5,7-8,17H,6H2,1H3. The van der Waals surface area contributed by atoms with Crippen LogP contribution in [-0.4, -0.2) is 14.7 Å². The molecular formula is C14H12N2O2S. The molecule has 0 aliphatic rings. The maximum atomic E-state index is 12.3. The lowest BCUT2D eigenvalue weighted by atomic mass is 10.2. The van der Waals surface area contributed by atoms with Crippen LogP contribution < -0.4 is 5.56 Å². The lowest BCUT2D eigenvalue weighted by molar-refractivity contribution is 0.475. The van der Waals surface area contributed by atoms with Gasteiger partial charge < -0.3 is 5.11 Å². The zero-order chi connectivity index (χ0) is 13.4. The van der Waals surface area contributed by atoms with Gasteiger partial charge in [0.25, 0.3) is 5.56 Å². The monoisotopic (exact) mass is 272 g/mol. The third-order valence-corrected chi connectivity index (χ3v) is 4.09. The molecule has 3 aromatic rings. The number of phenolic OH excluding ortho intramolecular Hbond substituents is 1. The van der Waals surface area contributed by atoms with Gasteiger partial charge in [-0.2, -0.15) is 0 Å². The molecular weight excluding hydrogens is 260 g/mol. The quantitative estimate of drug-likeness (QED) is 0.780. The van der Waals surface area contributed by atoms with Crippen molar-refractivity contribution in [3.05, 3.63) is 57.5 Å². The fraction of sp³-hybridized carbons (Fsp3) is 0.143.